The third-order valence-electron chi connectivity index (χ3n) is 2.83. The maximum atomic E-state index is 4.18. The molecule has 0 aliphatic heterocycles. The van der Waals surface area contributed by atoms with Crippen molar-refractivity contribution in [2.45, 2.75) is 32.7 Å². The normalized spacial score (nSPS) is 12.8. The van der Waals surface area contributed by atoms with E-state index in [1.54, 1.807) is 10.9 Å². The Kier molecular flexibility index (Phi) is 4.38. The molecule has 7 heteroatoms. The molecule has 0 saturated carbocycles. The van der Waals surface area contributed by atoms with Gasteiger partial charge in [0, 0.05) is 7.05 Å². The van der Waals surface area contributed by atoms with Crippen LogP contribution in [-0.4, -0.2) is 31.1 Å². The van der Waals surface area contributed by atoms with E-state index in [9.17, 15) is 0 Å². The van der Waals surface area contributed by atoms with Gasteiger partial charge in [0.05, 0.1) is 28.5 Å². The van der Waals surface area contributed by atoms with Crippen LogP contribution in [0.2, 0.25) is 0 Å². The number of nitrogens with zero attached hydrogens (tertiary/aromatic N) is 5. The Morgan fingerprint density at radius 2 is 2.28 bits per heavy atom. The predicted octanol–water partition coefficient (Wildman–Crippen LogP) is 1.32. The summed E-state index contributed by atoms with van der Waals surface area (Å²) in [7, 11) is 1.91. The molecule has 98 valence electrons. The number of hydrogen-bond donors (Lipinski definition) is 1. The lowest BCUT2D eigenvalue weighted by molar-refractivity contribution is 0.553. The van der Waals surface area contributed by atoms with E-state index >= 15 is 0 Å². The second kappa shape index (κ2) is 6.01. The fraction of sp³-hybridized carbons (Fsp3) is 0.636. The summed E-state index contributed by atoms with van der Waals surface area (Å²) in [5, 5.41) is 15.7. The molecule has 0 aliphatic carbocycles. The molecule has 6 nitrogen and oxygen atoms in total. The van der Waals surface area contributed by atoms with Gasteiger partial charge in [-0.2, -0.15) is 0 Å². The van der Waals surface area contributed by atoms with E-state index in [1.165, 1.54) is 11.5 Å². The van der Waals surface area contributed by atoms with Gasteiger partial charge in [-0.15, -0.1) is 10.2 Å². The summed E-state index contributed by atoms with van der Waals surface area (Å²) >= 11 is 1.45. The molecule has 2 rings (SSSR count). The van der Waals surface area contributed by atoms with Crippen LogP contribution in [0, 0.1) is 0 Å². The fourth-order valence-electron chi connectivity index (χ4n) is 1.86. The fourth-order valence-corrected chi connectivity index (χ4v) is 2.69. The second-order valence-electron chi connectivity index (χ2n) is 4.11. The molecule has 2 aromatic rings. The van der Waals surface area contributed by atoms with Crippen LogP contribution in [-0.2, 0) is 13.5 Å². The Morgan fingerprint density at radius 3 is 2.89 bits per heavy atom. The number of nitrogens with one attached hydrogen (secondary N) is 1. The SMILES string of the molecule is CCCNC(c1snnc1CC)c1cnnn1C. The van der Waals surface area contributed by atoms with Crippen LogP contribution in [0.25, 0.3) is 0 Å². The van der Waals surface area contributed by atoms with Gasteiger partial charge in [0.2, 0.25) is 0 Å². The van der Waals surface area contributed by atoms with Crippen LogP contribution in [0.5, 0.6) is 0 Å². The van der Waals surface area contributed by atoms with Crippen LogP contribution in [0.3, 0.4) is 0 Å². The summed E-state index contributed by atoms with van der Waals surface area (Å²) in [6.45, 7) is 5.19. The van der Waals surface area contributed by atoms with Crippen molar-refractivity contribution in [1.82, 2.24) is 29.9 Å². The highest BCUT2D eigenvalue weighted by Gasteiger charge is 2.22. The molecule has 0 fully saturated rings. The van der Waals surface area contributed by atoms with E-state index in [1.807, 2.05) is 7.05 Å². The minimum Gasteiger partial charge on any atom is -0.304 e. The third kappa shape index (κ3) is 2.56. The van der Waals surface area contributed by atoms with Gasteiger partial charge in [-0.25, -0.2) is 0 Å². The first kappa shape index (κ1) is 13.1. The monoisotopic (exact) mass is 266 g/mol. The Morgan fingerprint density at radius 1 is 1.44 bits per heavy atom. The van der Waals surface area contributed by atoms with Gasteiger partial charge in [0.1, 0.15) is 0 Å². The zero-order chi connectivity index (χ0) is 13.0. The predicted molar refractivity (Wildman–Crippen MR) is 70.4 cm³/mol. The Labute approximate surface area is 111 Å². The zero-order valence-corrected chi connectivity index (χ0v) is 11.7. The van der Waals surface area contributed by atoms with Crippen LogP contribution in [0.4, 0.5) is 0 Å². The summed E-state index contributed by atoms with van der Waals surface area (Å²) in [6.07, 6.45) is 3.77. The number of aromatic nitrogens is 5. The van der Waals surface area contributed by atoms with Gasteiger partial charge in [0.25, 0.3) is 0 Å². The van der Waals surface area contributed by atoms with E-state index in [0.29, 0.717) is 0 Å². The van der Waals surface area contributed by atoms with Gasteiger partial charge in [-0.05, 0) is 30.9 Å². The summed E-state index contributed by atoms with van der Waals surface area (Å²) in [4.78, 5) is 1.16. The number of rotatable bonds is 6. The second-order valence-corrected chi connectivity index (χ2v) is 4.89. The van der Waals surface area contributed by atoms with Crippen LogP contribution in [0.1, 0.15) is 42.6 Å². The maximum Gasteiger partial charge on any atom is 0.0893 e. The minimum atomic E-state index is 0.0832. The Hall–Kier alpha value is -1.34. The smallest absolute Gasteiger partial charge is 0.0893 e. The molecule has 0 amide bonds. The van der Waals surface area contributed by atoms with Crippen molar-refractivity contribution in [1.29, 1.82) is 0 Å². The standard InChI is InChI=1S/C11H18N6S/c1-4-6-12-10(9-7-13-15-17(9)3)11-8(5-2)14-16-18-11/h7,10,12H,4-6H2,1-3H3. The van der Waals surface area contributed by atoms with E-state index in [0.717, 1.165) is 35.7 Å². The molecule has 18 heavy (non-hydrogen) atoms. The summed E-state index contributed by atoms with van der Waals surface area (Å²) in [5.41, 5.74) is 2.10. The zero-order valence-electron chi connectivity index (χ0n) is 10.9. The van der Waals surface area contributed by atoms with Crippen molar-refractivity contribution in [3.63, 3.8) is 0 Å². The average Bonchev–Trinajstić information content (AvgIpc) is 2.99. The van der Waals surface area contributed by atoms with Crippen LogP contribution < -0.4 is 5.32 Å². The molecule has 0 aliphatic rings. The van der Waals surface area contributed by atoms with Gasteiger partial charge in [-0.1, -0.05) is 23.5 Å². The summed E-state index contributed by atoms with van der Waals surface area (Å²) in [6, 6.07) is 0.0832. The third-order valence-corrected chi connectivity index (χ3v) is 3.66. The minimum absolute atomic E-state index is 0.0832. The van der Waals surface area contributed by atoms with E-state index in [2.05, 4.69) is 39.1 Å². The van der Waals surface area contributed by atoms with E-state index < -0.39 is 0 Å². The molecule has 2 aromatic heterocycles. The highest BCUT2D eigenvalue weighted by Crippen LogP contribution is 2.26. The largest absolute Gasteiger partial charge is 0.304 e. The lowest BCUT2D eigenvalue weighted by Crippen LogP contribution is -2.25. The Balaban J connectivity index is 2.34. The van der Waals surface area contributed by atoms with Crippen molar-refractivity contribution in [2.24, 2.45) is 7.05 Å². The average molecular weight is 266 g/mol. The first-order chi connectivity index (χ1) is 8.77. The van der Waals surface area contributed by atoms with Crippen molar-refractivity contribution in [2.75, 3.05) is 6.54 Å². The lowest BCUT2D eigenvalue weighted by atomic mass is 10.1. The summed E-state index contributed by atoms with van der Waals surface area (Å²) < 4.78 is 5.86. The number of hydrogen-bond acceptors (Lipinski definition) is 6. The summed E-state index contributed by atoms with van der Waals surface area (Å²) in [5.74, 6) is 0. The topological polar surface area (TPSA) is 68.5 Å². The van der Waals surface area contributed by atoms with Gasteiger partial charge < -0.3 is 5.32 Å². The van der Waals surface area contributed by atoms with Crippen molar-refractivity contribution >= 4 is 11.5 Å². The van der Waals surface area contributed by atoms with E-state index in [-0.39, 0.29) is 6.04 Å². The molecular formula is C11H18N6S. The molecule has 0 radical (unpaired) electrons. The van der Waals surface area contributed by atoms with Crippen LogP contribution in [0.15, 0.2) is 6.20 Å². The van der Waals surface area contributed by atoms with Crippen molar-refractivity contribution in [3.05, 3.63) is 22.5 Å². The lowest BCUT2D eigenvalue weighted by Gasteiger charge is -2.17. The molecule has 0 saturated heterocycles. The highest BCUT2D eigenvalue weighted by molar-refractivity contribution is 7.05. The molecular weight excluding hydrogens is 248 g/mol. The number of aryl methyl sites for hydroxylation is 2. The highest BCUT2D eigenvalue weighted by atomic mass is 32.1. The molecule has 1 unspecified atom stereocenters. The maximum absolute atomic E-state index is 4.18. The molecule has 2 heterocycles. The molecule has 0 bridgehead atoms. The van der Waals surface area contributed by atoms with Gasteiger partial charge in [0.15, 0.2) is 0 Å². The molecule has 0 aromatic carbocycles. The molecule has 1 N–H and O–H groups in total. The van der Waals surface area contributed by atoms with E-state index in [4.69, 9.17) is 0 Å². The van der Waals surface area contributed by atoms with Gasteiger partial charge >= 0.3 is 0 Å². The molecule has 1 atom stereocenters. The molecule has 0 spiro atoms. The van der Waals surface area contributed by atoms with Crippen molar-refractivity contribution in [3.8, 4) is 0 Å². The van der Waals surface area contributed by atoms with Crippen molar-refractivity contribution < 1.29 is 0 Å². The quantitative estimate of drug-likeness (QED) is 0.854. The van der Waals surface area contributed by atoms with Crippen LogP contribution >= 0.6 is 11.5 Å². The van der Waals surface area contributed by atoms with Gasteiger partial charge in [-0.3, -0.25) is 4.68 Å². The Bertz CT molecular complexity index is 491. The first-order valence-corrected chi connectivity index (χ1v) is 6.94. The first-order valence-electron chi connectivity index (χ1n) is 6.17.